The fourth-order valence-electron chi connectivity index (χ4n) is 5.63. The number of carbonyl (C=O) groups excluding carboxylic acids is 2. The van der Waals surface area contributed by atoms with Gasteiger partial charge in [0.05, 0.1) is 0 Å². The first-order valence-corrected chi connectivity index (χ1v) is 14.3. The van der Waals surface area contributed by atoms with Crippen LogP contribution in [0.1, 0.15) is 48.8 Å². The highest BCUT2D eigenvalue weighted by Crippen LogP contribution is 2.24. The van der Waals surface area contributed by atoms with Crippen LogP contribution in [0.4, 0.5) is 0 Å². The minimum Gasteiger partial charge on any atom is -0.352 e. The lowest BCUT2D eigenvalue weighted by Crippen LogP contribution is -2.52. The highest BCUT2D eigenvalue weighted by Gasteiger charge is 2.32. The summed E-state index contributed by atoms with van der Waals surface area (Å²) in [5, 5.41) is 6.18. The van der Waals surface area contributed by atoms with E-state index in [2.05, 4.69) is 29.6 Å². The molecule has 5 heteroatoms. The van der Waals surface area contributed by atoms with E-state index in [1.54, 1.807) is 4.90 Å². The molecule has 0 aromatic heterocycles. The molecule has 4 aromatic rings. The quantitative estimate of drug-likeness (QED) is 0.233. The Kier molecular flexibility index (Phi) is 8.95. The van der Waals surface area contributed by atoms with E-state index in [-0.39, 0.29) is 24.4 Å². The Bertz CT molecular complexity index is 1410. The van der Waals surface area contributed by atoms with Crippen LogP contribution in [0, 0.1) is 0 Å². The van der Waals surface area contributed by atoms with Crippen LogP contribution in [-0.2, 0) is 29.0 Å². The van der Waals surface area contributed by atoms with Gasteiger partial charge in [-0.05, 0) is 52.8 Å². The smallest absolute Gasteiger partial charge is 0.243 e. The van der Waals surface area contributed by atoms with E-state index in [1.165, 1.54) is 0 Å². The molecular formula is C34H35ClN2O2. The number of hydrogen-bond acceptors (Lipinski definition) is 2. The highest BCUT2D eigenvalue weighted by molar-refractivity contribution is 6.31. The topological polar surface area (TPSA) is 49.4 Å². The van der Waals surface area contributed by atoms with E-state index < -0.39 is 6.04 Å². The Morgan fingerprint density at radius 2 is 1.49 bits per heavy atom. The fourth-order valence-corrected chi connectivity index (χ4v) is 5.82. The van der Waals surface area contributed by atoms with Crippen LogP contribution in [0.5, 0.6) is 0 Å². The van der Waals surface area contributed by atoms with E-state index in [1.807, 2.05) is 72.8 Å². The third-order valence-electron chi connectivity index (χ3n) is 7.76. The lowest BCUT2D eigenvalue weighted by atomic mass is 9.99. The van der Waals surface area contributed by atoms with E-state index in [0.717, 1.165) is 53.1 Å². The van der Waals surface area contributed by atoms with Crippen molar-refractivity contribution < 1.29 is 9.59 Å². The SMILES string of the molecule is O=C(NC1CCCC1)C(Cc1ccccc1)N(Cc1ccccc1Cl)C(=O)CCc1cccc2ccccc12. The molecule has 5 rings (SSSR count). The second-order valence-electron chi connectivity index (χ2n) is 10.4. The second-order valence-corrected chi connectivity index (χ2v) is 10.9. The van der Waals surface area contributed by atoms with Gasteiger partial charge >= 0.3 is 0 Å². The summed E-state index contributed by atoms with van der Waals surface area (Å²) in [6.45, 7) is 0.281. The Morgan fingerprint density at radius 3 is 2.28 bits per heavy atom. The minimum absolute atomic E-state index is 0.0506. The van der Waals surface area contributed by atoms with Gasteiger partial charge in [0.1, 0.15) is 6.04 Å². The maximum atomic E-state index is 14.0. The number of fused-ring (bicyclic) bond motifs is 1. The van der Waals surface area contributed by atoms with Gasteiger partial charge in [-0.25, -0.2) is 0 Å². The van der Waals surface area contributed by atoms with E-state index in [0.29, 0.717) is 24.3 Å². The van der Waals surface area contributed by atoms with Crippen molar-refractivity contribution in [2.75, 3.05) is 0 Å². The van der Waals surface area contributed by atoms with Crippen LogP contribution in [0.2, 0.25) is 5.02 Å². The van der Waals surface area contributed by atoms with Gasteiger partial charge in [-0.1, -0.05) is 115 Å². The summed E-state index contributed by atoms with van der Waals surface area (Å²) in [4.78, 5) is 29.6. The van der Waals surface area contributed by atoms with Gasteiger partial charge in [-0.15, -0.1) is 0 Å². The van der Waals surface area contributed by atoms with Crippen molar-refractivity contribution in [2.45, 2.75) is 63.6 Å². The second kappa shape index (κ2) is 12.9. The molecule has 39 heavy (non-hydrogen) atoms. The first kappa shape index (κ1) is 27.0. The number of aryl methyl sites for hydroxylation is 1. The molecule has 1 fully saturated rings. The van der Waals surface area contributed by atoms with Gasteiger partial charge < -0.3 is 10.2 Å². The van der Waals surface area contributed by atoms with Crippen LogP contribution in [0.3, 0.4) is 0 Å². The Balaban J connectivity index is 1.44. The maximum Gasteiger partial charge on any atom is 0.243 e. The number of nitrogens with one attached hydrogen (secondary N) is 1. The summed E-state index contributed by atoms with van der Waals surface area (Å²) in [5.74, 6) is -0.137. The largest absolute Gasteiger partial charge is 0.352 e. The Labute approximate surface area is 236 Å². The van der Waals surface area contributed by atoms with Gasteiger partial charge in [-0.3, -0.25) is 9.59 Å². The number of hydrogen-bond donors (Lipinski definition) is 1. The predicted molar refractivity (Wildman–Crippen MR) is 159 cm³/mol. The summed E-state index contributed by atoms with van der Waals surface area (Å²) < 4.78 is 0. The molecule has 1 saturated carbocycles. The summed E-state index contributed by atoms with van der Waals surface area (Å²) >= 11 is 6.55. The van der Waals surface area contributed by atoms with Crippen LogP contribution < -0.4 is 5.32 Å². The number of rotatable bonds is 10. The number of halogens is 1. The van der Waals surface area contributed by atoms with Gasteiger partial charge in [-0.2, -0.15) is 0 Å². The van der Waals surface area contributed by atoms with Crippen LogP contribution in [0.25, 0.3) is 10.8 Å². The zero-order valence-corrected chi connectivity index (χ0v) is 22.9. The van der Waals surface area contributed by atoms with Crippen LogP contribution in [-0.4, -0.2) is 28.8 Å². The normalized spacial score (nSPS) is 14.3. The molecule has 1 atom stereocenters. The first-order valence-electron chi connectivity index (χ1n) is 13.9. The summed E-state index contributed by atoms with van der Waals surface area (Å²) in [5.41, 5.74) is 2.99. The lowest BCUT2D eigenvalue weighted by molar-refractivity contribution is -0.141. The molecular weight excluding hydrogens is 504 g/mol. The van der Waals surface area contributed by atoms with E-state index in [9.17, 15) is 9.59 Å². The van der Waals surface area contributed by atoms with Crippen molar-refractivity contribution in [3.63, 3.8) is 0 Å². The number of nitrogens with zero attached hydrogens (tertiary/aromatic N) is 1. The average molecular weight is 539 g/mol. The van der Waals surface area contributed by atoms with Crippen molar-refractivity contribution in [2.24, 2.45) is 0 Å². The number of amides is 2. The van der Waals surface area contributed by atoms with Crippen molar-refractivity contribution in [1.29, 1.82) is 0 Å². The third kappa shape index (κ3) is 6.88. The molecule has 0 bridgehead atoms. The molecule has 0 spiro atoms. The molecule has 1 aliphatic carbocycles. The predicted octanol–water partition coefficient (Wildman–Crippen LogP) is 7.12. The number of benzene rings is 4. The highest BCUT2D eigenvalue weighted by atomic mass is 35.5. The third-order valence-corrected chi connectivity index (χ3v) is 8.13. The average Bonchev–Trinajstić information content (AvgIpc) is 3.48. The zero-order valence-electron chi connectivity index (χ0n) is 22.2. The van der Waals surface area contributed by atoms with Gasteiger partial charge in [0.2, 0.25) is 11.8 Å². The molecule has 200 valence electrons. The fraction of sp³-hybridized carbons (Fsp3) is 0.294. The lowest BCUT2D eigenvalue weighted by Gasteiger charge is -2.32. The summed E-state index contributed by atoms with van der Waals surface area (Å²) in [6.07, 6.45) is 5.59. The number of carbonyl (C=O) groups is 2. The molecule has 0 aliphatic heterocycles. The molecule has 1 N–H and O–H groups in total. The minimum atomic E-state index is -0.635. The molecule has 4 nitrogen and oxygen atoms in total. The van der Waals surface area contributed by atoms with Crippen LogP contribution >= 0.6 is 11.6 Å². The summed E-state index contributed by atoms with van der Waals surface area (Å²) in [6, 6.07) is 31.5. The molecule has 4 aromatic carbocycles. The van der Waals surface area contributed by atoms with E-state index in [4.69, 9.17) is 11.6 Å². The van der Waals surface area contributed by atoms with Gasteiger partial charge in [0.15, 0.2) is 0 Å². The molecule has 0 saturated heterocycles. The van der Waals surface area contributed by atoms with Gasteiger partial charge in [0, 0.05) is 30.5 Å². The van der Waals surface area contributed by atoms with E-state index >= 15 is 0 Å². The summed E-state index contributed by atoms with van der Waals surface area (Å²) in [7, 11) is 0. The van der Waals surface area contributed by atoms with Crippen LogP contribution in [0.15, 0.2) is 97.1 Å². The molecule has 1 unspecified atom stereocenters. The monoisotopic (exact) mass is 538 g/mol. The molecule has 0 radical (unpaired) electrons. The maximum absolute atomic E-state index is 14.0. The molecule has 1 aliphatic rings. The van der Waals surface area contributed by atoms with Crippen molar-refractivity contribution in [1.82, 2.24) is 10.2 Å². The zero-order chi connectivity index (χ0) is 27.0. The van der Waals surface area contributed by atoms with Gasteiger partial charge in [0.25, 0.3) is 0 Å². The van der Waals surface area contributed by atoms with Crippen molar-refractivity contribution in [3.8, 4) is 0 Å². The first-order chi connectivity index (χ1) is 19.1. The van der Waals surface area contributed by atoms with Crippen molar-refractivity contribution in [3.05, 3.63) is 119 Å². The molecule has 0 heterocycles. The van der Waals surface area contributed by atoms with Crippen molar-refractivity contribution >= 4 is 34.2 Å². The standard InChI is InChI=1S/C34H35ClN2O2/c35-31-20-9-5-14-28(31)24-37(33(38)22-21-27-16-10-15-26-13-4-8-19-30(26)27)32(23-25-11-2-1-3-12-25)34(39)36-29-17-6-7-18-29/h1-5,8-16,19-20,29,32H,6-7,17-18,21-24H2,(H,36,39). The molecule has 2 amide bonds. The Hall–Kier alpha value is -3.63. The Morgan fingerprint density at radius 1 is 0.821 bits per heavy atom.